The Morgan fingerprint density at radius 2 is 1.09 bits per heavy atom. The van der Waals surface area contributed by atoms with Crippen molar-refractivity contribution in [2.45, 2.75) is 0 Å². The zero-order chi connectivity index (χ0) is 25.2. The van der Waals surface area contributed by atoms with Gasteiger partial charge in [-0.15, -0.1) is 23.2 Å². The Bertz CT molecular complexity index is 997. The third kappa shape index (κ3) is 6.00. The van der Waals surface area contributed by atoms with Crippen LogP contribution in [-0.2, 0) is 9.59 Å². The van der Waals surface area contributed by atoms with Crippen LogP contribution in [0.1, 0.15) is 21.0 Å². The lowest BCUT2D eigenvalue weighted by atomic mass is 9.54. The number of carbonyl (C=O) groups is 4. The molecule has 0 aliphatic heterocycles. The molecule has 0 unspecified atom stereocenters. The Hall–Kier alpha value is -0.660. The second-order valence-electron chi connectivity index (χ2n) is 7.69. The van der Waals surface area contributed by atoms with Gasteiger partial charge in [-0.1, -0.05) is 0 Å². The maximum absolute atomic E-state index is 12.6. The molecule has 0 bridgehead atoms. The summed E-state index contributed by atoms with van der Waals surface area (Å²) >= 11 is 24.8. The molecule has 4 N–H and O–H groups in total. The molecule has 2 amide bonds. The fourth-order valence-electron chi connectivity index (χ4n) is 4.20. The number of carbonyl (C=O) groups excluding carboxylic acids is 4. The summed E-state index contributed by atoms with van der Waals surface area (Å²) < 4.78 is 2.61. The first-order chi connectivity index (χ1) is 16.1. The molecular formula is C20H18Br4Cl2N4O4. The van der Waals surface area contributed by atoms with Gasteiger partial charge in [0.25, 0.3) is 11.8 Å². The minimum absolute atomic E-state index is 0.118. The van der Waals surface area contributed by atoms with Crippen LogP contribution in [0, 0.1) is 23.7 Å². The summed E-state index contributed by atoms with van der Waals surface area (Å²) in [5.74, 6) is -4.07. The van der Waals surface area contributed by atoms with Crippen molar-refractivity contribution >= 4 is 110 Å². The van der Waals surface area contributed by atoms with Crippen molar-refractivity contribution < 1.29 is 19.2 Å². The number of halogens is 6. The lowest BCUT2D eigenvalue weighted by molar-refractivity contribution is -0.147. The van der Waals surface area contributed by atoms with Crippen LogP contribution in [0.2, 0.25) is 0 Å². The van der Waals surface area contributed by atoms with Crippen LogP contribution < -0.4 is 10.6 Å². The van der Waals surface area contributed by atoms with Gasteiger partial charge in [0, 0.05) is 24.9 Å². The van der Waals surface area contributed by atoms with Crippen LogP contribution in [-0.4, -0.2) is 58.2 Å². The number of alkyl halides is 2. The number of H-pyrrole nitrogens is 2. The van der Waals surface area contributed by atoms with Gasteiger partial charge >= 0.3 is 0 Å². The average Bonchev–Trinajstić information content (AvgIpc) is 3.32. The first kappa shape index (κ1) is 27.9. The van der Waals surface area contributed by atoms with Crippen LogP contribution in [0.25, 0.3) is 0 Å². The van der Waals surface area contributed by atoms with Crippen molar-refractivity contribution in [2.75, 3.05) is 24.8 Å². The van der Waals surface area contributed by atoms with E-state index in [-0.39, 0.29) is 48.2 Å². The highest BCUT2D eigenvalue weighted by Crippen LogP contribution is 2.47. The van der Waals surface area contributed by atoms with Gasteiger partial charge < -0.3 is 20.6 Å². The molecule has 4 atom stereocenters. The number of Topliss-reactive ketones (excluding diaryl/α,β-unsaturated/α-hetero) is 2. The van der Waals surface area contributed by atoms with E-state index >= 15 is 0 Å². The minimum atomic E-state index is -0.693. The normalized spacial score (nSPS) is 21.6. The van der Waals surface area contributed by atoms with Crippen molar-refractivity contribution in [3.63, 3.8) is 0 Å². The topological polar surface area (TPSA) is 124 Å². The smallest absolute Gasteiger partial charge is 0.267 e. The molecule has 2 aromatic heterocycles. The van der Waals surface area contributed by atoms with Gasteiger partial charge in [-0.05, 0) is 87.7 Å². The Morgan fingerprint density at radius 1 is 0.735 bits per heavy atom. The predicted molar refractivity (Wildman–Crippen MR) is 142 cm³/mol. The van der Waals surface area contributed by atoms with E-state index in [4.69, 9.17) is 23.2 Å². The Kier molecular flexibility index (Phi) is 9.90. The van der Waals surface area contributed by atoms with E-state index in [2.05, 4.69) is 84.3 Å². The monoisotopic (exact) mass is 764 g/mol. The SMILES string of the molecule is O=C(NC[C@@H]1[C@@H](CNC(=O)c2cc(Br)c(Br)[nH]2)[C@H](C(=O)CCl)[C@H]1C(=O)CCl)c1cc(Br)c(Br)[nH]1. The molecule has 8 nitrogen and oxygen atoms in total. The van der Waals surface area contributed by atoms with E-state index in [0.29, 0.717) is 29.5 Å². The third-order valence-corrected chi connectivity index (χ3v) is 9.90. The van der Waals surface area contributed by atoms with E-state index in [1.165, 1.54) is 0 Å². The number of amides is 2. The molecule has 184 valence electrons. The van der Waals surface area contributed by atoms with Crippen molar-refractivity contribution in [1.82, 2.24) is 20.6 Å². The largest absolute Gasteiger partial charge is 0.350 e. The number of rotatable bonds is 10. The van der Waals surface area contributed by atoms with Crippen molar-refractivity contribution in [3.8, 4) is 0 Å². The molecule has 3 rings (SSSR count). The zero-order valence-corrected chi connectivity index (χ0v) is 25.0. The van der Waals surface area contributed by atoms with E-state index in [1.54, 1.807) is 12.1 Å². The van der Waals surface area contributed by atoms with Crippen molar-refractivity contribution in [2.24, 2.45) is 23.7 Å². The maximum atomic E-state index is 12.6. The summed E-state index contributed by atoms with van der Waals surface area (Å²) in [5, 5.41) is 5.61. The summed E-state index contributed by atoms with van der Waals surface area (Å²) in [5.41, 5.74) is 0.638. The lowest BCUT2D eigenvalue weighted by Gasteiger charge is -2.50. The van der Waals surface area contributed by atoms with Gasteiger partial charge in [-0.2, -0.15) is 0 Å². The number of hydrogen-bond acceptors (Lipinski definition) is 4. The molecule has 2 heterocycles. The third-order valence-electron chi connectivity index (χ3n) is 5.80. The van der Waals surface area contributed by atoms with Crippen LogP contribution in [0.3, 0.4) is 0 Å². The van der Waals surface area contributed by atoms with E-state index in [0.717, 1.165) is 0 Å². The highest BCUT2D eigenvalue weighted by Gasteiger charge is 2.55. The maximum Gasteiger partial charge on any atom is 0.267 e. The van der Waals surface area contributed by atoms with Crippen LogP contribution in [0.4, 0.5) is 0 Å². The molecule has 0 radical (unpaired) electrons. The highest BCUT2D eigenvalue weighted by molar-refractivity contribution is 9.13. The first-order valence-corrected chi connectivity index (χ1v) is 14.1. The second-order valence-corrected chi connectivity index (χ2v) is 11.5. The Balaban J connectivity index is 1.75. The first-order valence-electron chi connectivity index (χ1n) is 9.90. The molecule has 1 aliphatic rings. The predicted octanol–water partition coefficient (Wildman–Crippen LogP) is 4.65. The zero-order valence-electron chi connectivity index (χ0n) is 17.2. The van der Waals surface area contributed by atoms with Crippen molar-refractivity contribution in [3.05, 3.63) is 41.7 Å². The molecular weight excluding hydrogens is 751 g/mol. The molecule has 1 fully saturated rings. The molecule has 0 aromatic carbocycles. The quantitative estimate of drug-likeness (QED) is 0.263. The second kappa shape index (κ2) is 12.1. The fraction of sp³-hybridized carbons (Fsp3) is 0.400. The van der Waals surface area contributed by atoms with E-state index < -0.39 is 23.7 Å². The molecule has 2 aromatic rings. The average molecular weight is 769 g/mol. The number of aromatic nitrogens is 2. The van der Waals surface area contributed by atoms with Crippen molar-refractivity contribution in [1.29, 1.82) is 0 Å². The molecule has 0 spiro atoms. The highest BCUT2D eigenvalue weighted by atomic mass is 79.9. The van der Waals surface area contributed by atoms with Crippen LogP contribution in [0.15, 0.2) is 30.3 Å². The van der Waals surface area contributed by atoms with Crippen LogP contribution in [0.5, 0.6) is 0 Å². The van der Waals surface area contributed by atoms with Gasteiger partial charge in [0.05, 0.1) is 29.9 Å². The summed E-state index contributed by atoms with van der Waals surface area (Å²) in [6.07, 6.45) is 0. The lowest BCUT2D eigenvalue weighted by Crippen LogP contribution is -2.61. The van der Waals surface area contributed by atoms with Crippen LogP contribution >= 0.6 is 86.9 Å². The molecule has 34 heavy (non-hydrogen) atoms. The van der Waals surface area contributed by atoms with Gasteiger partial charge in [-0.25, -0.2) is 0 Å². The number of nitrogens with one attached hydrogen (secondary N) is 4. The van der Waals surface area contributed by atoms with Gasteiger partial charge in [-0.3, -0.25) is 19.2 Å². The van der Waals surface area contributed by atoms with Gasteiger partial charge in [0.1, 0.15) is 11.4 Å². The Labute approximate surface area is 238 Å². The summed E-state index contributed by atoms with van der Waals surface area (Å²) in [7, 11) is 0. The number of hydrogen-bond donors (Lipinski definition) is 4. The molecule has 14 heteroatoms. The van der Waals surface area contributed by atoms with E-state index in [1.807, 2.05) is 0 Å². The number of ketones is 2. The molecule has 0 saturated heterocycles. The summed E-state index contributed by atoms with van der Waals surface area (Å²) in [6.45, 7) is 0.235. The number of aromatic amines is 2. The van der Waals surface area contributed by atoms with Gasteiger partial charge in [0.15, 0.2) is 11.6 Å². The summed E-state index contributed by atoms with van der Waals surface area (Å²) in [4.78, 5) is 56.1. The molecule has 1 aliphatic carbocycles. The summed E-state index contributed by atoms with van der Waals surface area (Å²) in [6, 6.07) is 3.23. The fourth-order valence-corrected chi connectivity index (χ4v) is 5.87. The minimum Gasteiger partial charge on any atom is -0.350 e. The van der Waals surface area contributed by atoms with Gasteiger partial charge in [0.2, 0.25) is 0 Å². The standard InChI is InChI=1S/C20H18Br4Cl2N4O4/c21-9-1-11(29-17(9)23)19(33)27-5-7-8(16(14(32)4-26)15(7)13(31)3-25)6-28-20(34)12-2-10(22)18(24)30-12/h1-2,7-8,15-16,29-30H,3-6H2,(H,27,33)(H,28,34)/t7-,8-,15-,16-/m1/s1. The Morgan fingerprint density at radius 3 is 1.35 bits per heavy atom. The molecule has 1 saturated carbocycles. The van der Waals surface area contributed by atoms with E-state index in [9.17, 15) is 19.2 Å².